The van der Waals surface area contributed by atoms with Crippen molar-refractivity contribution in [1.82, 2.24) is 5.32 Å². The molecule has 0 unspecified atom stereocenters. The van der Waals surface area contributed by atoms with Crippen molar-refractivity contribution >= 4 is 0 Å². The van der Waals surface area contributed by atoms with E-state index >= 15 is 0 Å². The van der Waals surface area contributed by atoms with E-state index in [1.807, 2.05) is 0 Å². The Labute approximate surface area is 84.3 Å². The molecule has 0 aromatic rings. The minimum absolute atomic E-state index is 1.21. The van der Waals surface area contributed by atoms with E-state index in [1.165, 1.54) is 58.0 Å². The Kier molecular flexibility index (Phi) is 11.9. The van der Waals surface area contributed by atoms with Crippen molar-refractivity contribution in [2.45, 2.75) is 58.8 Å². The topological polar surface area (TPSA) is 12.0 Å². The molecule has 0 fully saturated rings. The van der Waals surface area contributed by atoms with Gasteiger partial charge in [0.1, 0.15) is 0 Å². The molecule has 0 spiro atoms. The summed E-state index contributed by atoms with van der Waals surface area (Å²) in [4.78, 5) is 0. The van der Waals surface area contributed by atoms with Crippen LogP contribution in [0.25, 0.3) is 0 Å². The van der Waals surface area contributed by atoms with E-state index in [0.29, 0.717) is 0 Å². The minimum Gasteiger partial charge on any atom is -0.317 e. The Balaban J connectivity index is 2.76. The molecule has 0 rings (SSSR count). The van der Waals surface area contributed by atoms with Crippen LogP contribution in [0.2, 0.25) is 0 Å². The standard InChI is InChI=1S/C12H26N/c1-3-5-7-9-11-13-12-10-8-6-4-2/h3,13H,4-12H2,1-2H3. The van der Waals surface area contributed by atoms with Crippen LogP contribution in [0.1, 0.15) is 58.8 Å². The largest absolute Gasteiger partial charge is 0.317 e. The van der Waals surface area contributed by atoms with Gasteiger partial charge in [-0.05, 0) is 32.4 Å². The molecule has 0 saturated heterocycles. The highest BCUT2D eigenvalue weighted by molar-refractivity contribution is 4.56. The Morgan fingerprint density at radius 1 is 0.923 bits per heavy atom. The summed E-state index contributed by atoms with van der Waals surface area (Å²) in [6.07, 6.45) is 11.7. The van der Waals surface area contributed by atoms with Crippen molar-refractivity contribution in [3.63, 3.8) is 0 Å². The number of rotatable bonds is 10. The molecule has 1 heteroatoms. The Bertz CT molecular complexity index is 71.2. The van der Waals surface area contributed by atoms with Crippen LogP contribution in [-0.4, -0.2) is 13.1 Å². The van der Waals surface area contributed by atoms with E-state index in [0.717, 1.165) is 0 Å². The first-order chi connectivity index (χ1) is 6.41. The number of hydrogen-bond donors (Lipinski definition) is 1. The molecule has 0 aromatic heterocycles. The second kappa shape index (κ2) is 12.0. The summed E-state index contributed by atoms with van der Waals surface area (Å²) in [5, 5.41) is 3.49. The highest BCUT2D eigenvalue weighted by Crippen LogP contribution is 1.98. The SMILES string of the molecule is C[CH]CCCCNCCCCCC. The smallest absolute Gasteiger partial charge is 0.00489 e. The second-order valence-electron chi connectivity index (χ2n) is 3.71. The van der Waals surface area contributed by atoms with Gasteiger partial charge in [0.2, 0.25) is 0 Å². The molecular weight excluding hydrogens is 158 g/mol. The van der Waals surface area contributed by atoms with Gasteiger partial charge in [-0.1, -0.05) is 46.0 Å². The Morgan fingerprint density at radius 3 is 2.23 bits per heavy atom. The average Bonchev–Trinajstić information content (AvgIpc) is 2.16. The molecular formula is C12H26N. The van der Waals surface area contributed by atoms with Crippen LogP contribution in [0.3, 0.4) is 0 Å². The molecule has 0 aliphatic rings. The third kappa shape index (κ3) is 12.0. The lowest BCUT2D eigenvalue weighted by Crippen LogP contribution is -2.16. The van der Waals surface area contributed by atoms with Crippen molar-refractivity contribution in [3.8, 4) is 0 Å². The van der Waals surface area contributed by atoms with Crippen molar-refractivity contribution in [1.29, 1.82) is 0 Å². The van der Waals surface area contributed by atoms with Gasteiger partial charge in [-0.15, -0.1) is 0 Å². The van der Waals surface area contributed by atoms with Gasteiger partial charge in [0.25, 0.3) is 0 Å². The molecule has 0 heterocycles. The van der Waals surface area contributed by atoms with Gasteiger partial charge in [-0.3, -0.25) is 0 Å². The summed E-state index contributed by atoms with van der Waals surface area (Å²) in [7, 11) is 0. The van der Waals surface area contributed by atoms with Crippen LogP contribution in [0, 0.1) is 6.42 Å². The maximum Gasteiger partial charge on any atom is -0.00489 e. The van der Waals surface area contributed by atoms with Gasteiger partial charge < -0.3 is 5.32 Å². The lowest BCUT2D eigenvalue weighted by atomic mass is 10.2. The van der Waals surface area contributed by atoms with Crippen LogP contribution < -0.4 is 5.32 Å². The molecule has 0 amide bonds. The first-order valence-corrected chi connectivity index (χ1v) is 5.90. The second-order valence-corrected chi connectivity index (χ2v) is 3.71. The number of hydrogen-bond acceptors (Lipinski definition) is 1. The summed E-state index contributed by atoms with van der Waals surface area (Å²) in [5.74, 6) is 0. The van der Waals surface area contributed by atoms with E-state index in [4.69, 9.17) is 0 Å². The maximum atomic E-state index is 3.49. The van der Waals surface area contributed by atoms with Crippen LogP contribution >= 0.6 is 0 Å². The Hall–Kier alpha value is -0.0400. The monoisotopic (exact) mass is 184 g/mol. The zero-order chi connectivity index (χ0) is 9.78. The fourth-order valence-electron chi connectivity index (χ4n) is 1.40. The van der Waals surface area contributed by atoms with E-state index < -0.39 is 0 Å². The fraction of sp³-hybridized carbons (Fsp3) is 0.917. The molecule has 1 nitrogen and oxygen atoms in total. The van der Waals surface area contributed by atoms with E-state index in [9.17, 15) is 0 Å². The van der Waals surface area contributed by atoms with Crippen molar-refractivity contribution < 1.29 is 0 Å². The average molecular weight is 184 g/mol. The molecule has 0 aliphatic heterocycles. The summed E-state index contributed by atoms with van der Waals surface area (Å²) in [5.41, 5.74) is 0. The van der Waals surface area contributed by atoms with Crippen molar-refractivity contribution in [3.05, 3.63) is 6.42 Å². The van der Waals surface area contributed by atoms with Gasteiger partial charge in [0, 0.05) is 0 Å². The van der Waals surface area contributed by atoms with E-state index in [-0.39, 0.29) is 0 Å². The van der Waals surface area contributed by atoms with Gasteiger partial charge in [-0.25, -0.2) is 0 Å². The highest BCUT2D eigenvalue weighted by Gasteiger charge is 1.89. The predicted molar refractivity (Wildman–Crippen MR) is 60.8 cm³/mol. The Morgan fingerprint density at radius 2 is 1.62 bits per heavy atom. The van der Waals surface area contributed by atoms with Gasteiger partial charge >= 0.3 is 0 Å². The zero-order valence-electron chi connectivity index (χ0n) is 9.44. The first-order valence-electron chi connectivity index (χ1n) is 5.90. The minimum atomic E-state index is 1.21. The molecule has 0 saturated carbocycles. The summed E-state index contributed by atoms with van der Waals surface area (Å²) < 4.78 is 0. The molecule has 79 valence electrons. The first kappa shape index (κ1) is 13.0. The van der Waals surface area contributed by atoms with Gasteiger partial charge in [0.15, 0.2) is 0 Å². The molecule has 1 radical (unpaired) electrons. The summed E-state index contributed by atoms with van der Waals surface area (Å²) in [6, 6.07) is 0. The molecule has 0 atom stereocenters. The van der Waals surface area contributed by atoms with E-state index in [2.05, 4.69) is 25.6 Å². The van der Waals surface area contributed by atoms with Crippen molar-refractivity contribution in [2.24, 2.45) is 0 Å². The lowest BCUT2D eigenvalue weighted by Gasteiger charge is -2.03. The number of unbranched alkanes of at least 4 members (excludes halogenated alkanes) is 6. The number of nitrogens with one attached hydrogen (secondary N) is 1. The predicted octanol–water partition coefficient (Wildman–Crippen LogP) is 3.55. The lowest BCUT2D eigenvalue weighted by molar-refractivity contribution is 0.574. The third-order valence-electron chi connectivity index (χ3n) is 2.30. The van der Waals surface area contributed by atoms with Crippen molar-refractivity contribution in [2.75, 3.05) is 13.1 Å². The molecule has 0 aliphatic carbocycles. The normalized spacial score (nSPS) is 10.6. The molecule has 13 heavy (non-hydrogen) atoms. The fourth-order valence-corrected chi connectivity index (χ4v) is 1.40. The quantitative estimate of drug-likeness (QED) is 0.512. The zero-order valence-corrected chi connectivity index (χ0v) is 9.44. The highest BCUT2D eigenvalue weighted by atomic mass is 14.8. The third-order valence-corrected chi connectivity index (χ3v) is 2.30. The summed E-state index contributed by atoms with van der Waals surface area (Å²) >= 11 is 0. The van der Waals surface area contributed by atoms with Crippen LogP contribution in [-0.2, 0) is 0 Å². The van der Waals surface area contributed by atoms with E-state index in [1.54, 1.807) is 0 Å². The van der Waals surface area contributed by atoms with Crippen LogP contribution in [0.5, 0.6) is 0 Å². The summed E-state index contributed by atoms with van der Waals surface area (Å²) in [6.45, 7) is 6.82. The molecule has 0 aromatic carbocycles. The maximum absolute atomic E-state index is 3.49. The van der Waals surface area contributed by atoms with Crippen LogP contribution in [0.4, 0.5) is 0 Å². The van der Waals surface area contributed by atoms with Crippen LogP contribution in [0.15, 0.2) is 0 Å². The van der Waals surface area contributed by atoms with Gasteiger partial charge in [0.05, 0.1) is 0 Å². The molecule has 1 N–H and O–H groups in total. The molecule has 0 bridgehead atoms. The van der Waals surface area contributed by atoms with Gasteiger partial charge in [-0.2, -0.15) is 0 Å².